The molecule has 3 heteroatoms. The van der Waals surface area contributed by atoms with Crippen LogP contribution in [0.5, 0.6) is 0 Å². The molecule has 2 aromatic carbocycles. The molecule has 0 fully saturated rings. The highest BCUT2D eigenvalue weighted by Crippen LogP contribution is 2.44. The lowest BCUT2D eigenvalue weighted by molar-refractivity contribution is 0.395. The van der Waals surface area contributed by atoms with Crippen LogP contribution < -0.4 is 4.90 Å². The van der Waals surface area contributed by atoms with E-state index in [0.717, 1.165) is 29.1 Å². The molecule has 0 amide bonds. The van der Waals surface area contributed by atoms with Crippen LogP contribution in [0.15, 0.2) is 41.4 Å². The molecule has 0 saturated heterocycles. The van der Waals surface area contributed by atoms with Gasteiger partial charge in [0, 0.05) is 30.1 Å². The molecule has 0 aromatic heterocycles. The molecule has 0 saturated carbocycles. The van der Waals surface area contributed by atoms with Crippen LogP contribution in [0.25, 0.3) is 0 Å². The molecule has 2 nitrogen and oxygen atoms in total. The fraction of sp³-hybridized carbons (Fsp3) is 0.409. The number of nitrogens with zero attached hydrogens (tertiary/aromatic N) is 2. The monoisotopic (exact) mass is 354 g/mol. The third kappa shape index (κ3) is 3.59. The molecule has 25 heavy (non-hydrogen) atoms. The molecule has 3 rings (SSSR count). The number of hydrogen-bond acceptors (Lipinski definition) is 2. The molecule has 0 bridgehead atoms. The summed E-state index contributed by atoms with van der Waals surface area (Å²) in [7, 11) is 2.16. The quantitative estimate of drug-likeness (QED) is 0.584. The van der Waals surface area contributed by atoms with Crippen LogP contribution in [0.2, 0.25) is 5.02 Å². The lowest BCUT2D eigenvalue weighted by Gasteiger charge is -2.45. The van der Waals surface area contributed by atoms with Crippen LogP contribution in [0, 0.1) is 0 Å². The first-order chi connectivity index (χ1) is 11.8. The van der Waals surface area contributed by atoms with E-state index in [9.17, 15) is 0 Å². The Morgan fingerprint density at radius 1 is 1.24 bits per heavy atom. The first-order valence-corrected chi connectivity index (χ1v) is 9.40. The maximum absolute atomic E-state index is 6.56. The highest BCUT2D eigenvalue weighted by molar-refractivity contribution is 6.33. The van der Waals surface area contributed by atoms with Crippen LogP contribution >= 0.6 is 11.6 Å². The fourth-order valence-corrected chi connectivity index (χ4v) is 3.87. The Morgan fingerprint density at radius 2 is 1.92 bits per heavy atom. The van der Waals surface area contributed by atoms with Gasteiger partial charge in [0.1, 0.15) is 0 Å². The molecule has 1 aliphatic rings. The number of aliphatic imine (C=N–C) groups is 1. The summed E-state index contributed by atoms with van der Waals surface area (Å²) in [4.78, 5) is 6.96. The normalized spacial score (nSPS) is 19.3. The van der Waals surface area contributed by atoms with Crippen LogP contribution in [0.1, 0.15) is 56.7 Å². The first-order valence-electron chi connectivity index (χ1n) is 9.02. The average Bonchev–Trinajstić information content (AvgIpc) is 2.58. The minimum Gasteiger partial charge on any atom is -0.369 e. The Labute approximate surface area is 156 Å². The topological polar surface area (TPSA) is 15.6 Å². The number of fused-ring (bicyclic) bond motifs is 1. The predicted molar refractivity (Wildman–Crippen MR) is 110 cm³/mol. The van der Waals surface area contributed by atoms with Gasteiger partial charge < -0.3 is 4.90 Å². The van der Waals surface area contributed by atoms with Crippen molar-refractivity contribution >= 4 is 29.2 Å². The van der Waals surface area contributed by atoms with Crippen molar-refractivity contribution in [3.05, 3.63) is 58.1 Å². The van der Waals surface area contributed by atoms with Crippen molar-refractivity contribution in [1.29, 1.82) is 0 Å². The summed E-state index contributed by atoms with van der Waals surface area (Å²) in [5.41, 5.74) is 6.00. The van der Waals surface area contributed by atoms with Crippen molar-refractivity contribution in [2.45, 2.75) is 52.0 Å². The summed E-state index contributed by atoms with van der Waals surface area (Å²) in [5.74, 6) is 0.509. The van der Waals surface area contributed by atoms with Gasteiger partial charge in [0.15, 0.2) is 0 Å². The predicted octanol–water partition coefficient (Wildman–Crippen LogP) is 6.38. The third-order valence-corrected chi connectivity index (χ3v) is 5.78. The second-order valence-electron chi connectivity index (χ2n) is 7.69. The van der Waals surface area contributed by atoms with Crippen molar-refractivity contribution in [1.82, 2.24) is 0 Å². The standard InChI is InChI=1S/C22H27ClN2/c1-6-16-7-9-18(10-8-16)24-14-17-11-19-15(2)13-22(3,4)25(5)21(19)12-20(17)23/h7-12,14-15H,6,13H2,1-5H3/t15-/m0/s1. The lowest BCUT2D eigenvalue weighted by atomic mass is 9.80. The van der Waals surface area contributed by atoms with E-state index in [2.05, 4.69) is 81.0 Å². The SMILES string of the molecule is CCc1ccc(N=Cc2cc3c(cc2Cl)N(C)C(C)(C)C[C@@H]3C)cc1. The third-order valence-electron chi connectivity index (χ3n) is 5.45. The van der Waals surface area contributed by atoms with Crippen molar-refractivity contribution in [3.63, 3.8) is 0 Å². The molecular weight excluding hydrogens is 328 g/mol. The molecule has 1 heterocycles. The van der Waals surface area contributed by atoms with Gasteiger partial charge in [-0.15, -0.1) is 0 Å². The number of benzene rings is 2. The number of aryl methyl sites for hydroxylation is 1. The Morgan fingerprint density at radius 3 is 2.56 bits per heavy atom. The van der Waals surface area contributed by atoms with E-state index in [1.54, 1.807) is 0 Å². The Bertz CT molecular complexity index is 790. The summed E-state index contributed by atoms with van der Waals surface area (Å²) in [5, 5.41) is 0.754. The Kier molecular flexibility index (Phi) is 4.92. The van der Waals surface area contributed by atoms with Crippen LogP contribution in [-0.2, 0) is 6.42 Å². The largest absolute Gasteiger partial charge is 0.369 e. The highest BCUT2D eigenvalue weighted by atomic mass is 35.5. The van der Waals surface area contributed by atoms with Crippen molar-refractivity contribution in [2.24, 2.45) is 4.99 Å². The highest BCUT2D eigenvalue weighted by Gasteiger charge is 2.34. The van der Waals surface area contributed by atoms with Crippen LogP contribution in [0.4, 0.5) is 11.4 Å². The molecule has 0 spiro atoms. The van der Waals surface area contributed by atoms with Gasteiger partial charge in [0.25, 0.3) is 0 Å². The minimum atomic E-state index is 0.145. The molecule has 0 aliphatic carbocycles. The summed E-state index contributed by atoms with van der Waals surface area (Å²) < 4.78 is 0. The van der Waals surface area contributed by atoms with E-state index in [1.165, 1.54) is 16.8 Å². The summed E-state index contributed by atoms with van der Waals surface area (Å²) in [6.07, 6.45) is 4.06. The summed E-state index contributed by atoms with van der Waals surface area (Å²) in [6, 6.07) is 12.7. The Hall–Kier alpha value is -1.80. The van der Waals surface area contributed by atoms with Gasteiger partial charge in [-0.3, -0.25) is 4.99 Å². The molecular formula is C22H27ClN2. The molecule has 2 aromatic rings. The van der Waals surface area contributed by atoms with Gasteiger partial charge in [-0.2, -0.15) is 0 Å². The molecule has 0 unspecified atom stereocenters. The maximum atomic E-state index is 6.56. The minimum absolute atomic E-state index is 0.145. The summed E-state index contributed by atoms with van der Waals surface area (Å²) in [6.45, 7) is 9.03. The van der Waals surface area contributed by atoms with E-state index >= 15 is 0 Å². The first kappa shape index (κ1) is 18.0. The van der Waals surface area contributed by atoms with E-state index in [4.69, 9.17) is 11.6 Å². The summed E-state index contributed by atoms with van der Waals surface area (Å²) >= 11 is 6.56. The average molecular weight is 355 g/mol. The zero-order valence-electron chi connectivity index (χ0n) is 15.8. The van der Waals surface area contributed by atoms with E-state index in [1.807, 2.05) is 6.21 Å². The van der Waals surface area contributed by atoms with E-state index in [-0.39, 0.29) is 5.54 Å². The number of rotatable bonds is 3. The molecule has 0 radical (unpaired) electrons. The van der Waals surface area contributed by atoms with Gasteiger partial charge >= 0.3 is 0 Å². The maximum Gasteiger partial charge on any atom is 0.0630 e. The van der Waals surface area contributed by atoms with Gasteiger partial charge in [0.05, 0.1) is 10.7 Å². The molecule has 132 valence electrons. The smallest absolute Gasteiger partial charge is 0.0630 e. The number of halogens is 1. The Balaban J connectivity index is 1.93. The van der Waals surface area contributed by atoms with Gasteiger partial charge in [-0.1, -0.05) is 37.6 Å². The second-order valence-corrected chi connectivity index (χ2v) is 8.09. The number of hydrogen-bond donors (Lipinski definition) is 0. The molecule has 1 aliphatic heterocycles. The van der Waals surface area contributed by atoms with Crippen molar-refractivity contribution in [3.8, 4) is 0 Å². The van der Waals surface area contributed by atoms with Gasteiger partial charge in [0.2, 0.25) is 0 Å². The molecule has 0 N–H and O–H groups in total. The van der Waals surface area contributed by atoms with E-state index in [0.29, 0.717) is 5.92 Å². The zero-order valence-corrected chi connectivity index (χ0v) is 16.6. The number of anilines is 1. The van der Waals surface area contributed by atoms with Gasteiger partial charge in [-0.25, -0.2) is 0 Å². The van der Waals surface area contributed by atoms with Crippen molar-refractivity contribution < 1.29 is 0 Å². The second kappa shape index (κ2) is 6.84. The van der Waals surface area contributed by atoms with Crippen LogP contribution in [0.3, 0.4) is 0 Å². The van der Waals surface area contributed by atoms with E-state index < -0.39 is 0 Å². The fourth-order valence-electron chi connectivity index (χ4n) is 3.67. The zero-order chi connectivity index (χ0) is 18.2. The van der Waals surface area contributed by atoms with Crippen LogP contribution in [-0.4, -0.2) is 18.8 Å². The molecule has 1 atom stereocenters. The lowest BCUT2D eigenvalue weighted by Crippen LogP contribution is -2.45. The van der Waals surface area contributed by atoms with Crippen molar-refractivity contribution in [2.75, 3.05) is 11.9 Å². The van der Waals surface area contributed by atoms with Gasteiger partial charge in [-0.05, 0) is 68.0 Å².